The average Bonchev–Trinajstić information content (AvgIpc) is 3.22. The van der Waals surface area contributed by atoms with Gasteiger partial charge in [0, 0.05) is 17.5 Å². The van der Waals surface area contributed by atoms with E-state index in [4.69, 9.17) is 4.52 Å². The van der Waals surface area contributed by atoms with Crippen LogP contribution in [0.5, 0.6) is 0 Å². The summed E-state index contributed by atoms with van der Waals surface area (Å²) >= 11 is 1.54. The van der Waals surface area contributed by atoms with Crippen LogP contribution in [0.4, 0.5) is 0 Å². The zero-order valence-electron chi connectivity index (χ0n) is 14.5. The number of nitrogens with one attached hydrogen (secondary N) is 1. The number of rotatable bonds is 5. The van der Waals surface area contributed by atoms with Crippen LogP contribution in [0, 0.1) is 6.92 Å². The zero-order chi connectivity index (χ0) is 18.1. The van der Waals surface area contributed by atoms with Crippen LogP contribution in [-0.4, -0.2) is 27.1 Å². The van der Waals surface area contributed by atoms with E-state index in [0.717, 1.165) is 26.7 Å². The number of benzene rings is 1. The molecule has 0 saturated heterocycles. The van der Waals surface area contributed by atoms with Crippen LogP contribution in [0.1, 0.15) is 17.3 Å². The minimum Gasteiger partial charge on any atom is -0.361 e. The summed E-state index contributed by atoms with van der Waals surface area (Å²) in [6, 6.07) is 13.8. The number of aromatic amines is 1. The maximum Gasteiger partial charge on any atom is 0.259 e. The standard InChI is InChI=1S/C19H18N4O2S/c1-12-8-14(22-25-12)10-23(2)11-17-20-18(24)15-9-16(26-19(15)21-17)13-6-4-3-5-7-13/h3-9H,10-11H2,1-2H3,(H,20,21,24). The van der Waals surface area contributed by atoms with Crippen LogP contribution in [0.3, 0.4) is 0 Å². The van der Waals surface area contributed by atoms with Crippen LogP contribution >= 0.6 is 11.3 Å². The number of hydrogen-bond donors (Lipinski definition) is 1. The van der Waals surface area contributed by atoms with Crippen molar-refractivity contribution in [1.82, 2.24) is 20.0 Å². The minimum absolute atomic E-state index is 0.103. The number of H-pyrrole nitrogens is 1. The molecule has 0 amide bonds. The first-order chi connectivity index (χ1) is 12.6. The van der Waals surface area contributed by atoms with Crippen molar-refractivity contribution >= 4 is 21.6 Å². The highest BCUT2D eigenvalue weighted by molar-refractivity contribution is 7.21. The van der Waals surface area contributed by atoms with E-state index >= 15 is 0 Å². The Morgan fingerprint density at radius 3 is 2.73 bits per heavy atom. The van der Waals surface area contributed by atoms with Crippen molar-refractivity contribution in [3.8, 4) is 10.4 Å². The fourth-order valence-electron chi connectivity index (χ4n) is 2.88. The summed E-state index contributed by atoms with van der Waals surface area (Å²) < 4.78 is 5.09. The van der Waals surface area contributed by atoms with Crippen LogP contribution in [0.2, 0.25) is 0 Å². The lowest BCUT2D eigenvalue weighted by Gasteiger charge is -2.13. The number of nitrogens with zero attached hydrogens (tertiary/aromatic N) is 3. The molecule has 1 aromatic carbocycles. The summed E-state index contributed by atoms with van der Waals surface area (Å²) in [6.45, 7) is 3.01. The molecule has 0 saturated carbocycles. The van der Waals surface area contributed by atoms with Crippen molar-refractivity contribution < 1.29 is 4.52 Å². The molecule has 0 spiro atoms. The van der Waals surface area contributed by atoms with E-state index in [1.807, 2.05) is 61.3 Å². The Labute approximate surface area is 154 Å². The second kappa shape index (κ2) is 6.86. The minimum atomic E-state index is -0.103. The number of aryl methyl sites for hydroxylation is 1. The van der Waals surface area contributed by atoms with Crippen molar-refractivity contribution in [2.24, 2.45) is 0 Å². The molecule has 3 aromatic heterocycles. The molecule has 0 radical (unpaired) electrons. The molecule has 0 atom stereocenters. The first kappa shape index (κ1) is 16.7. The fourth-order valence-corrected chi connectivity index (χ4v) is 3.93. The number of thiophene rings is 1. The van der Waals surface area contributed by atoms with Gasteiger partial charge in [-0.3, -0.25) is 9.69 Å². The van der Waals surface area contributed by atoms with E-state index < -0.39 is 0 Å². The summed E-state index contributed by atoms with van der Waals surface area (Å²) in [4.78, 5) is 23.8. The lowest BCUT2D eigenvalue weighted by Crippen LogP contribution is -2.21. The van der Waals surface area contributed by atoms with Crippen LogP contribution in [0.25, 0.3) is 20.7 Å². The third-order valence-electron chi connectivity index (χ3n) is 4.04. The Morgan fingerprint density at radius 1 is 1.19 bits per heavy atom. The Morgan fingerprint density at radius 2 is 2.00 bits per heavy atom. The van der Waals surface area contributed by atoms with Crippen molar-refractivity contribution in [1.29, 1.82) is 0 Å². The lowest BCUT2D eigenvalue weighted by atomic mass is 10.2. The molecule has 6 nitrogen and oxygen atoms in total. The third-order valence-corrected chi connectivity index (χ3v) is 5.12. The third kappa shape index (κ3) is 3.44. The van der Waals surface area contributed by atoms with Gasteiger partial charge in [0.2, 0.25) is 0 Å². The maximum atomic E-state index is 12.5. The van der Waals surface area contributed by atoms with Gasteiger partial charge in [-0.15, -0.1) is 11.3 Å². The van der Waals surface area contributed by atoms with Crippen molar-refractivity contribution in [3.05, 3.63) is 70.1 Å². The first-order valence-corrected chi connectivity index (χ1v) is 9.09. The molecule has 0 aliphatic rings. The Hall–Kier alpha value is -2.77. The highest BCUT2D eigenvalue weighted by atomic mass is 32.1. The van der Waals surface area contributed by atoms with Gasteiger partial charge >= 0.3 is 0 Å². The SMILES string of the molecule is Cc1cc(CN(C)Cc2nc3sc(-c4ccccc4)cc3c(=O)[nH]2)no1. The van der Waals surface area contributed by atoms with Crippen molar-refractivity contribution in [3.63, 3.8) is 0 Å². The predicted molar refractivity (Wildman–Crippen MR) is 102 cm³/mol. The second-order valence-corrected chi connectivity index (χ2v) is 7.34. The summed E-state index contributed by atoms with van der Waals surface area (Å²) in [6.07, 6.45) is 0. The van der Waals surface area contributed by atoms with Gasteiger partial charge in [0.05, 0.1) is 17.6 Å². The highest BCUT2D eigenvalue weighted by Gasteiger charge is 2.12. The van der Waals surface area contributed by atoms with Gasteiger partial charge in [-0.05, 0) is 25.6 Å². The van der Waals surface area contributed by atoms with Crippen LogP contribution in [0.15, 0.2) is 51.8 Å². The topological polar surface area (TPSA) is 75.0 Å². The molecule has 132 valence electrons. The lowest BCUT2D eigenvalue weighted by molar-refractivity contribution is 0.295. The molecular formula is C19H18N4O2S. The van der Waals surface area contributed by atoms with Crippen LogP contribution in [-0.2, 0) is 13.1 Å². The second-order valence-electron chi connectivity index (χ2n) is 6.31. The molecule has 26 heavy (non-hydrogen) atoms. The van der Waals surface area contributed by atoms with E-state index in [9.17, 15) is 4.79 Å². The molecular weight excluding hydrogens is 348 g/mol. The van der Waals surface area contributed by atoms with Gasteiger partial charge < -0.3 is 9.51 Å². The molecule has 3 heterocycles. The van der Waals surface area contributed by atoms with Gasteiger partial charge in [0.25, 0.3) is 5.56 Å². The van der Waals surface area contributed by atoms with E-state index in [2.05, 4.69) is 15.1 Å². The predicted octanol–water partition coefficient (Wildman–Crippen LogP) is 3.58. The maximum absolute atomic E-state index is 12.5. The highest BCUT2D eigenvalue weighted by Crippen LogP contribution is 2.30. The van der Waals surface area contributed by atoms with Gasteiger partial charge in [-0.25, -0.2) is 4.98 Å². The van der Waals surface area contributed by atoms with E-state index in [1.54, 1.807) is 0 Å². The van der Waals surface area contributed by atoms with Gasteiger partial charge in [0.15, 0.2) is 0 Å². The number of fused-ring (bicyclic) bond motifs is 1. The zero-order valence-corrected chi connectivity index (χ0v) is 15.3. The van der Waals surface area contributed by atoms with E-state index in [0.29, 0.717) is 24.3 Å². The Kier molecular flexibility index (Phi) is 4.40. The molecule has 0 fully saturated rings. The largest absolute Gasteiger partial charge is 0.361 e. The molecule has 4 aromatic rings. The molecule has 4 rings (SSSR count). The van der Waals surface area contributed by atoms with E-state index in [1.165, 1.54) is 11.3 Å². The quantitative estimate of drug-likeness (QED) is 0.584. The van der Waals surface area contributed by atoms with Gasteiger partial charge in [-0.2, -0.15) is 0 Å². The normalized spacial score (nSPS) is 11.5. The average molecular weight is 366 g/mol. The van der Waals surface area contributed by atoms with E-state index in [-0.39, 0.29) is 5.56 Å². The van der Waals surface area contributed by atoms with Gasteiger partial charge in [-0.1, -0.05) is 35.5 Å². The summed E-state index contributed by atoms with van der Waals surface area (Å²) in [7, 11) is 1.96. The molecule has 0 bridgehead atoms. The molecule has 1 N–H and O–H groups in total. The monoisotopic (exact) mass is 366 g/mol. The van der Waals surface area contributed by atoms with Crippen LogP contribution < -0.4 is 5.56 Å². The Bertz CT molecular complexity index is 1100. The van der Waals surface area contributed by atoms with Gasteiger partial charge in [0.1, 0.15) is 16.4 Å². The smallest absolute Gasteiger partial charge is 0.259 e. The molecule has 0 aliphatic carbocycles. The summed E-state index contributed by atoms with van der Waals surface area (Å²) in [5, 5.41) is 4.63. The fraction of sp³-hybridized carbons (Fsp3) is 0.211. The summed E-state index contributed by atoms with van der Waals surface area (Å²) in [5.74, 6) is 1.43. The Balaban J connectivity index is 1.59. The summed E-state index contributed by atoms with van der Waals surface area (Å²) in [5.41, 5.74) is 1.85. The molecule has 0 unspecified atom stereocenters. The number of hydrogen-bond acceptors (Lipinski definition) is 6. The van der Waals surface area contributed by atoms with Crippen molar-refractivity contribution in [2.75, 3.05) is 7.05 Å². The molecule has 0 aliphatic heterocycles. The number of aromatic nitrogens is 3. The first-order valence-electron chi connectivity index (χ1n) is 8.27. The molecule has 7 heteroatoms. The van der Waals surface area contributed by atoms with Crippen molar-refractivity contribution in [2.45, 2.75) is 20.0 Å².